The van der Waals surface area contributed by atoms with Crippen molar-refractivity contribution < 1.29 is 4.39 Å². The van der Waals surface area contributed by atoms with Crippen LogP contribution in [0, 0.1) is 5.82 Å². The van der Waals surface area contributed by atoms with Crippen molar-refractivity contribution in [2.45, 2.75) is 6.92 Å². The van der Waals surface area contributed by atoms with Crippen LogP contribution in [0.15, 0.2) is 23.6 Å². The number of nitrogens with one attached hydrogen (secondary N) is 1. The minimum Gasteiger partial charge on any atom is -0.375 e. The van der Waals surface area contributed by atoms with Crippen molar-refractivity contribution in [1.82, 2.24) is 10.4 Å². The second kappa shape index (κ2) is 4.61. The molecule has 6 heteroatoms. The zero-order valence-corrected chi connectivity index (χ0v) is 8.31. The van der Waals surface area contributed by atoms with E-state index in [1.165, 1.54) is 12.3 Å². The molecular formula is C8H9FN4S. The molecular weight excluding hydrogens is 203 g/mol. The molecule has 0 spiro atoms. The van der Waals surface area contributed by atoms with E-state index >= 15 is 0 Å². The highest BCUT2D eigenvalue weighted by atomic mass is 32.1. The Morgan fingerprint density at radius 2 is 2.36 bits per heavy atom. The summed E-state index contributed by atoms with van der Waals surface area (Å²) in [5.41, 5.74) is 8.72. The lowest BCUT2D eigenvalue weighted by molar-refractivity contribution is 0.621. The summed E-state index contributed by atoms with van der Waals surface area (Å²) in [7, 11) is 0. The number of aromatic nitrogens is 1. The van der Waals surface area contributed by atoms with Crippen LogP contribution in [0.5, 0.6) is 0 Å². The maximum Gasteiger partial charge on any atom is 0.184 e. The molecule has 0 radical (unpaired) electrons. The van der Waals surface area contributed by atoms with E-state index in [2.05, 4.69) is 27.7 Å². The van der Waals surface area contributed by atoms with Gasteiger partial charge in [-0.15, -0.1) is 0 Å². The summed E-state index contributed by atoms with van der Waals surface area (Å²) in [5, 5.41) is 3.89. The zero-order valence-electron chi connectivity index (χ0n) is 7.49. The van der Waals surface area contributed by atoms with Gasteiger partial charge in [0.15, 0.2) is 5.11 Å². The Morgan fingerprint density at radius 1 is 1.64 bits per heavy atom. The summed E-state index contributed by atoms with van der Waals surface area (Å²) in [6, 6.07) is 1.33. The molecule has 0 aliphatic carbocycles. The van der Waals surface area contributed by atoms with Gasteiger partial charge in [-0.05, 0) is 25.2 Å². The van der Waals surface area contributed by atoms with Gasteiger partial charge in [-0.3, -0.25) is 10.4 Å². The minimum absolute atomic E-state index is 0.0636. The lowest BCUT2D eigenvalue weighted by Crippen LogP contribution is -2.25. The van der Waals surface area contributed by atoms with Crippen LogP contribution in [-0.4, -0.2) is 15.8 Å². The molecule has 0 atom stereocenters. The van der Waals surface area contributed by atoms with Gasteiger partial charge in [0.05, 0.1) is 11.9 Å². The van der Waals surface area contributed by atoms with Gasteiger partial charge in [0.25, 0.3) is 0 Å². The highest BCUT2D eigenvalue weighted by Gasteiger charge is 1.99. The lowest BCUT2D eigenvalue weighted by Gasteiger charge is -2.00. The predicted octanol–water partition coefficient (Wildman–Crippen LogP) is 0.778. The second-order valence-corrected chi connectivity index (χ2v) is 3.00. The maximum atomic E-state index is 12.7. The zero-order chi connectivity index (χ0) is 10.6. The van der Waals surface area contributed by atoms with Crippen LogP contribution in [0.1, 0.15) is 12.5 Å². The average molecular weight is 212 g/mol. The molecule has 0 unspecified atom stereocenters. The molecule has 0 aliphatic heterocycles. The predicted molar refractivity (Wildman–Crippen MR) is 56.3 cm³/mol. The average Bonchev–Trinajstić information content (AvgIpc) is 2.14. The SMILES string of the molecule is C/C(=N/NC(N)=S)c1cncc(F)c1. The minimum atomic E-state index is -0.410. The first-order chi connectivity index (χ1) is 6.59. The maximum absolute atomic E-state index is 12.7. The number of nitrogens with zero attached hydrogens (tertiary/aromatic N) is 2. The second-order valence-electron chi connectivity index (χ2n) is 2.57. The van der Waals surface area contributed by atoms with Crippen LogP contribution < -0.4 is 11.2 Å². The summed E-state index contributed by atoms with van der Waals surface area (Å²) in [5.74, 6) is -0.410. The first kappa shape index (κ1) is 10.5. The van der Waals surface area contributed by atoms with Crippen LogP contribution in [0.25, 0.3) is 0 Å². The van der Waals surface area contributed by atoms with Crippen molar-refractivity contribution in [2.24, 2.45) is 10.8 Å². The van der Waals surface area contributed by atoms with Crippen molar-refractivity contribution >= 4 is 23.0 Å². The molecule has 4 nitrogen and oxygen atoms in total. The number of rotatable bonds is 2. The number of pyridine rings is 1. The van der Waals surface area contributed by atoms with Crippen LogP contribution in [0.3, 0.4) is 0 Å². The summed E-state index contributed by atoms with van der Waals surface area (Å²) in [6.07, 6.45) is 2.63. The number of hydrogen-bond acceptors (Lipinski definition) is 3. The summed E-state index contributed by atoms with van der Waals surface area (Å²) in [4.78, 5) is 3.68. The quantitative estimate of drug-likeness (QED) is 0.432. The molecule has 74 valence electrons. The van der Waals surface area contributed by atoms with Crippen LogP contribution >= 0.6 is 12.2 Å². The highest BCUT2D eigenvalue weighted by molar-refractivity contribution is 7.80. The van der Waals surface area contributed by atoms with Gasteiger partial charge >= 0.3 is 0 Å². The van der Waals surface area contributed by atoms with Gasteiger partial charge in [-0.1, -0.05) is 0 Å². The van der Waals surface area contributed by atoms with Gasteiger partial charge in [-0.25, -0.2) is 4.39 Å². The van der Waals surface area contributed by atoms with Crippen molar-refractivity contribution in [3.05, 3.63) is 29.8 Å². The van der Waals surface area contributed by atoms with Gasteiger partial charge in [-0.2, -0.15) is 5.10 Å². The summed E-state index contributed by atoms with van der Waals surface area (Å²) in [6.45, 7) is 1.70. The van der Waals surface area contributed by atoms with Gasteiger partial charge in [0.1, 0.15) is 5.82 Å². The highest BCUT2D eigenvalue weighted by Crippen LogP contribution is 2.01. The molecule has 0 fully saturated rings. The number of thiocarbonyl (C=S) groups is 1. The van der Waals surface area contributed by atoms with E-state index in [9.17, 15) is 4.39 Å². The molecule has 3 N–H and O–H groups in total. The normalized spacial score (nSPS) is 11.1. The molecule has 14 heavy (non-hydrogen) atoms. The van der Waals surface area contributed by atoms with E-state index in [-0.39, 0.29) is 5.11 Å². The van der Waals surface area contributed by atoms with Crippen LogP contribution in [0.2, 0.25) is 0 Å². The molecule has 1 aromatic rings. The molecule has 0 saturated heterocycles. The molecule has 0 aliphatic rings. The van der Waals surface area contributed by atoms with Crippen molar-refractivity contribution in [3.8, 4) is 0 Å². The first-order valence-corrected chi connectivity index (χ1v) is 4.21. The van der Waals surface area contributed by atoms with E-state index in [0.717, 1.165) is 6.20 Å². The largest absolute Gasteiger partial charge is 0.375 e. The molecule has 1 aromatic heterocycles. The summed E-state index contributed by atoms with van der Waals surface area (Å²) < 4.78 is 12.7. The standard InChI is InChI=1S/C8H9FN4S/c1-5(12-13-8(10)14)6-2-7(9)4-11-3-6/h2-4H,1H3,(H3,10,13,14)/b12-5-. The Kier molecular flexibility index (Phi) is 3.47. The fraction of sp³-hybridized carbons (Fsp3) is 0.125. The molecule has 0 bridgehead atoms. The Bertz CT molecular complexity index is 377. The topological polar surface area (TPSA) is 63.3 Å². The van der Waals surface area contributed by atoms with Gasteiger partial charge in [0.2, 0.25) is 0 Å². The fourth-order valence-corrected chi connectivity index (χ4v) is 0.859. The Hall–Kier alpha value is -1.56. The number of hydrazone groups is 1. The molecule has 0 saturated carbocycles. The van der Waals surface area contributed by atoms with Crippen molar-refractivity contribution in [1.29, 1.82) is 0 Å². The van der Waals surface area contributed by atoms with E-state index < -0.39 is 5.82 Å². The number of hydrogen-bond donors (Lipinski definition) is 2. The van der Waals surface area contributed by atoms with Crippen LogP contribution in [-0.2, 0) is 0 Å². The van der Waals surface area contributed by atoms with E-state index in [1.54, 1.807) is 6.92 Å². The van der Waals surface area contributed by atoms with E-state index in [0.29, 0.717) is 11.3 Å². The molecule has 1 rings (SSSR count). The molecule has 0 aromatic carbocycles. The summed E-state index contributed by atoms with van der Waals surface area (Å²) >= 11 is 4.56. The van der Waals surface area contributed by atoms with E-state index in [1.807, 2.05) is 0 Å². The van der Waals surface area contributed by atoms with Gasteiger partial charge < -0.3 is 5.73 Å². The Morgan fingerprint density at radius 3 is 2.93 bits per heavy atom. The van der Waals surface area contributed by atoms with Crippen molar-refractivity contribution in [3.63, 3.8) is 0 Å². The molecule has 1 heterocycles. The number of nitrogens with two attached hydrogens (primary N) is 1. The Labute approximate surface area is 86.0 Å². The monoisotopic (exact) mass is 212 g/mol. The lowest BCUT2D eigenvalue weighted by atomic mass is 10.2. The van der Waals surface area contributed by atoms with Crippen LogP contribution in [0.4, 0.5) is 4.39 Å². The number of halogens is 1. The van der Waals surface area contributed by atoms with Gasteiger partial charge in [0, 0.05) is 11.8 Å². The third kappa shape index (κ3) is 3.06. The third-order valence-corrected chi connectivity index (χ3v) is 1.55. The first-order valence-electron chi connectivity index (χ1n) is 3.80. The molecule has 0 amide bonds. The smallest absolute Gasteiger partial charge is 0.184 e. The third-order valence-electron chi connectivity index (χ3n) is 1.46. The fourth-order valence-electron chi connectivity index (χ4n) is 0.813. The Balaban J connectivity index is 2.83. The van der Waals surface area contributed by atoms with Crippen molar-refractivity contribution in [2.75, 3.05) is 0 Å². The van der Waals surface area contributed by atoms with E-state index in [4.69, 9.17) is 5.73 Å².